The maximum atomic E-state index is 11.9. The summed E-state index contributed by atoms with van der Waals surface area (Å²) in [5, 5.41) is 41.1. The first-order chi connectivity index (χ1) is 19.4. The molecular formula is C34H50O8. The number of phenolic OH excluding ortho intramolecular Hbond substituents is 2. The van der Waals surface area contributed by atoms with Gasteiger partial charge in [0.2, 0.25) is 0 Å². The van der Waals surface area contributed by atoms with Crippen molar-refractivity contribution in [3.05, 3.63) is 57.6 Å². The number of aryl methyl sites for hydroxylation is 2. The molecule has 8 nitrogen and oxygen atoms in total. The van der Waals surface area contributed by atoms with Gasteiger partial charge in [0.05, 0.1) is 25.0 Å². The van der Waals surface area contributed by atoms with Crippen molar-refractivity contribution >= 4 is 11.9 Å². The number of benzene rings is 2. The van der Waals surface area contributed by atoms with Gasteiger partial charge in [-0.15, -0.1) is 0 Å². The van der Waals surface area contributed by atoms with Crippen molar-refractivity contribution in [2.75, 3.05) is 26.4 Å². The van der Waals surface area contributed by atoms with E-state index in [0.29, 0.717) is 11.1 Å². The second-order valence-corrected chi connectivity index (χ2v) is 13.4. The minimum atomic E-state index is -0.943. The van der Waals surface area contributed by atoms with Gasteiger partial charge < -0.3 is 29.9 Å². The molecule has 2 aromatic rings. The van der Waals surface area contributed by atoms with E-state index in [0.717, 1.165) is 22.3 Å². The van der Waals surface area contributed by atoms with Crippen LogP contribution < -0.4 is 0 Å². The fourth-order valence-electron chi connectivity index (χ4n) is 5.09. The molecule has 234 valence electrons. The first-order valence-electron chi connectivity index (χ1n) is 14.7. The van der Waals surface area contributed by atoms with Crippen molar-refractivity contribution < 1.29 is 39.5 Å². The van der Waals surface area contributed by atoms with E-state index in [1.54, 1.807) is 0 Å². The number of carboxylic acids is 2. The topological polar surface area (TPSA) is 134 Å². The maximum Gasteiger partial charge on any atom is 0.306 e. The van der Waals surface area contributed by atoms with E-state index in [1.807, 2.05) is 79.7 Å². The zero-order chi connectivity index (χ0) is 31.8. The first-order valence-corrected chi connectivity index (χ1v) is 14.7. The lowest BCUT2D eigenvalue weighted by molar-refractivity contribution is -0.143. The number of aliphatic carboxylic acids is 2. The molecule has 2 unspecified atom stereocenters. The molecule has 4 N–H and O–H groups in total. The molecule has 0 bridgehead atoms. The molecule has 0 aliphatic rings. The minimum Gasteiger partial charge on any atom is -0.507 e. The van der Waals surface area contributed by atoms with Gasteiger partial charge in [0.1, 0.15) is 11.5 Å². The summed E-state index contributed by atoms with van der Waals surface area (Å²) in [7, 11) is 0. The van der Waals surface area contributed by atoms with Crippen molar-refractivity contribution in [1.29, 1.82) is 0 Å². The fraction of sp³-hybridized carbons (Fsp3) is 0.588. The van der Waals surface area contributed by atoms with Crippen LogP contribution in [0.5, 0.6) is 11.5 Å². The third kappa shape index (κ3) is 10.3. The Labute approximate surface area is 250 Å². The number of rotatable bonds is 15. The standard InChI is InChI=1S/C34H50O8/c1-21-15-25(29(35)27(17-21)33(3,4)5)19-23(31(37)38)9-11-41-13-14-42-12-10-24(32(39)40)20-26-16-22(2)18-28(30(26)36)34(6,7)8/h15-18,23-24,35-36H,9-14,19-20H2,1-8H3,(H,37,38)(H,39,40). The molecule has 2 atom stereocenters. The van der Waals surface area contributed by atoms with Crippen molar-refractivity contribution in [2.24, 2.45) is 11.8 Å². The molecule has 0 aliphatic heterocycles. The summed E-state index contributed by atoms with van der Waals surface area (Å²) in [6.07, 6.45) is 0.975. The summed E-state index contributed by atoms with van der Waals surface area (Å²) in [5.74, 6) is -3.00. The molecule has 0 fully saturated rings. The van der Waals surface area contributed by atoms with Crippen LogP contribution in [0.15, 0.2) is 24.3 Å². The van der Waals surface area contributed by atoms with Gasteiger partial charge in [-0.1, -0.05) is 76.9 Å². The Morgan fingerprint density at radius 2 is 0.976 bits per heavy atom. The molecule has 0 aromatic heterocycles. The van der Waals surface area contributed by atoms with Crippen LogP contribution in [-0.2, 0) is 42.7 Å². The van der Waals surface area contributed by atoms with Crippen LogP contribution in [0, 0.1) is 25.7 Å². The highest BCUT2D eigenvalue weighted by atomic mass is 16.5. The van der Waals surface area contributed by atoms with Crippen LogP contribution in [0.1, 0.15) is 87.8 Å². The van der Waals surface area contributed by atoms with E-state index in [2.05, 4.69) is 0 Å². The van der Waals surface area contributed by atoms with E-state index in [4.69, 9.17) is 9.47 Å². The van der Waals surface area contributed by atoms with Crippen LogP contribution >= 0.6 is 0 Å². The first kappa shape index (κ1) is 35.1. The normalized spacial score (nSPS) is 13.6. The molecule has 2 rings (SSSR count). The number of ether oxygens (including phenoxy) is 2. The number of hydrogen-bond donors (Lipinski definition) is 4. The van der Waals surface area contributed by atoms with Crippen LogP contribution in [0.4, 0.5) is 0 Å². The average molecular weight is 587 g/mol. The Kier molecular flexibility index (Phi) is 12.4. The van der Waals surface area contributed by atoms with Gasteiger partial charge >= 0.3 is 11.9 Å². The Morgan fingerprint density at radius 1 is 0.643 bits per heavy atom. The maximum absolute atomic E-state index is 11.9. The van der Waals surface area contributed by atoms with Gasteiger partial charge in [-0.3, -0.25) is 9.59 Å². The second kappa shape index (κ2) is 14.9. The summed E-state index contributed by atoms with van der Waals surface area (Å²) < 4.78 is 11.2. The van der Waals surface area contributed by atoms with E-state index in [9.17, 15) is 30.0 Å². The average Bonchev–Trinajstić information content (AvgIpc) is 2.85. The third-order valence-corrected chi connectivity index (χ3v) is 7.51. The van der Waals surface area contributed by atoms with Gasteiger partial charge in [0, 0.05) is 13.2 Å². The molecule has 0 saturated carbocycles. The summed E-state index contributed by atoms with van der Waals surface area (Å²) >= 11 is 0. The second-order valence-electron chi connectivity index (χ2n) is 13.4. The minimum absolute atomic E-state index is 0.153. The fourth-order valence-corrected chi connectivity index (χ4v) is 5.09. The highest BCUT2D eigenvalue weighted by molar-refractivity contribution is 5.71. The quantitative estimate of drug-likeness (QED) is 0.178. The Balaban J connectivity index is 1.83. The van der Waals surface area contributed by atoms with E-state index < -0.39 is 23.8 Å². The van der Waals surface area contributed by atoms with E-state index in [1.165, 1.54) is 0 Å². The molecule has 0 radical (unpaired) electrons. The largest absolute Gasteiger partial charge is 0.507 e. The molecule has 0 heterocycles. The highest BCUT2D eigenvalue weighted by Gasteiger charge is 2.26. The van der Waals surface area contributed by atoms with Crippen LogP contribution in [0.2, 0.25) is 0 Å². The molecule has 2 aromatic carbocycles. The van der Waals surface area contributed by atoms with Crippen LogP contribution in [0.3, 0.4) is 0 Å². The van der Waals surface area contributed by atoms with E-state index >= 15 is 0 Å². The Morgan fingerprint density at radius 3 is 1.26 bits per heavy atom. The highest BCUT2D eigenvalue weighted by Crippen LogP contribution is 2.37. The predicted octanol–water partition coefficient (Wildman–Crippen LogP) is 6.31. The molecule has 0 aliphatic carbocycles. The third-order valence-electron chi connectivity index (χ3n) is 7.51. The van der Waals surface area contributed by atoms with Gasteiger partial charge in [0.25, 0.3) is 0 Å². The molecule has 8 heteroatoms. The number of phenols is 2. The number of hydrogen-bond acceptors (Lipinski definition) is 6. The summed E-state index contributed by atoms with van der Waals surface area (Å²) in [5.41, 5.74) is 4.25. The van der Waals surface area contributed by atoms with Gasteiger partial charge in [-0.2, -0.15) is 0 Å². The van der Waals surface area contributed by atoms with Gasteiger partial charge in [-0.25, -0.2) is 0 Å². The van der Waals surface area contributed by atoms with Crippen molar-refractivity contribution in [1.82, 2.24) is 0 Å². The van der Waals surface area contributed by atoms with Crippen molar-refractivity contribution in [3.8, 4) is 11.5 Å². The molecule has 42 heavy (non-hydrogen) atoms. The molecule has 0 saturated heterocycles. The lowest BCUT2D eigenvalue weighted by Gasteiger charge is -2.24. The SMILES string of the molecule is Cc1cc(CC(CCOCCOCCC(Cc2cc(C)cc(C(C)(C)C)c2O)C(=O)O)C(=O)O)c(O)c(C(C)(C)C)c1. The Bertz CT molecular complexity index is 1120. The smallest absolute Gasteiger partial charge is 0.306 e. The lowest BCUT2D eigenvalue weighted by Crippen LogP contribution is -2.21. The molecule has 0 amide bonds. The molecular weight excluding hydrogens is 536 g/mol. The summed E-state index contributed by atoms with van der Waals surface area (Å²) in [6.45, 7) is 16.9. The number of carbonyl (C=O) groups is 2. The summed E-state index contributed by atoms with van der Waals surface area (Å²) in [4.78, 5) is 23.8. The van der Waals surface area contributed by atoms with E-state index in [-0.39, 0.29) is 74.4 Å². The Hall–Kier alpha value is -3.10. The van der Waals surface area contributed by atoms with Crippen LogP contribution in [-0.4, -0.2) is 58.8 Å². The summed E-state index contributed by atoms with van der Waals surface area (Å²) in [6, 6.07) is 7.55. The zero-order valence-corrected chi connectivity index (χ0v) is 26.5. The van der Waals surface area contributed by atoms with Crippen molar-refractivity contribution in [2.45, 2.75) is 91.9 Å². The number of aromatic hydroxyl groups is 2. The molecule has 0 spiro atoms. The monoisotopic (exact) mass is 586 g/mol. The zero-order valence-electron chi connectivity index (χ0n) is 26.5. The van der Waals surface area contributed by atoms with Crippen molar-refractivity contribution in [3.63, 3.8) is 0 Å². The van der Waals surface area contributed by atoms with Crippen LogP contribution in [0.25, 0.3) is 0 Å². The van der Waals surface area contributed by atoms with Gasteiger partial charge in [-0.05, 0) is 72.6 Å². The lowest BCUT2D eigenvalue weighted by atomic mass is 9.82. The number of carboxylic acid groups (broad SMARTS) is 2. The van der Waals surface area contributed by atoms with Gasteiger partial charge in [0.15, 0.2) is 0 Å². The predicted molar refractivity (Wildman–Crippen MR) is 164 cm³/mol.